The topological polar surface area (TPSA) is 76.2 Å². The van der Waals surface area contributed by atoms with E-state index in [4.69, 9.17) is 0 Å². The number of anilines is 1. The second-order valence-corrected chi connectivity index (χ2v) is 7.83. The molecule has 11 heteroatoms. The highest BCUT2D eigenvalue weighted by atomic mass is 19.3. The molecule has 0 unspecified atom stereocenters. The van der Waals surface area contributed by atoms with Crippen molar-refractivity contribution in [3.63, 3.8) is 0 Å². The maximum absolute atomic E-state index is 14.1. The average molecular weight is 430 g/mol. The van der Waals surface area contributed by atoms with E-state index in [1.165, 1.54) is 4.57 Å². The van der Waals surface area contributed by atoms with Crippen molar-refractivity contribution >= 4 is 22.6 Å². The number of aryl methyl sites for hydroxylation is 1. The molecule has 1 N–H and O–H groups in total. The molecule has 1 aliphatic rings. The van der Waals surface area contributed by atoms with Crippen LogP contribution in [0.1, 0.15) is 5.82 Å². The predicted molar refractivity (Wildman–Crippen MR) is 110 cm³/mol. The van der Waals surface area contributed by atoms with Gasteiger partial charge in [0.05, 0.1) is 30.0 Å². The number of likely N-dealkylation sites (N-methyl/N-ethyl adjacent to an activating group) is 1. The first-order valence-electron chi connectivity index (χ1n) is 9.95. The minimum atomic E-state index is -2.50. The monoisotopic (exact) mass is 430 g/mol. The van der Waals surface area contributed by atoms with E-state index in [2.05, 4.69) is 25.4 Å². The van der Waals surface area contributed by atoms with Crippen molar-refractivity contribution in [2.45, 2.75) is 32.1 Å². The van der Waals surface area contributed by atoms with Crippen molar-refractivity contribution in [2.24, 2.45) is 0 Å². The van der Waals surface area contributed by atoms with E-state index < -0.39 is 19.1 Å². The zero-order chi connectivity index (χ0) is 21.7. The Balaban J connectivity index is 1.48. The molecule has 8 nitrogen and oxygen atoms in total. The normalized spacial score (nSPS) is 19.8. The van der Waals surface area contributed by atoms with Crippen LogP contribution in [0.4, 0.5) is 19.1 Å². The number of fused-ring (bicyclic) bond motifs is 2. The Labute approximate surface area is 175 Å². The van der Waals surface area contributed by atoms with E-state index >= 15 is 0 Å². The van der Waals surface area contributed by atoms with Gasteiger partial charge in [0, 0.05) is 24.8 Å². The van der Waals surface area contributed by atoms with Crippen LogP contribution < -0.4 is 5.32 Å². The van der Waals surface area contributed by atoms with Crippen molar-refractivity contribution < 1.29 is 13.2 Å². The molecule has 0 aliphatic carbocycles. The molecule has 4 aromatic rings. The van der Waals surface area contributed by atoms with Gasteiger partial charge in [-0.05, 0) is 32.2 Å². The number of likely N-dealkylation sites (tertiary alicyclic amines) is 1. The number of hydrogen-bond donors (Lipinski definition) is 1. The summed E-state index contributed by atoms with van der Waals surface area (Å²) in [6.07, 6.45) is -0.0788. The summed E-state index contributed by atoms with van der Waals surface area (Å²) in [7, 11) is 1.87. The second kappa shape index (κ2) is 7.49. The number of nitrogens with one attached hydrogen (secondary N) is 1. The van der Waals surface area contributed by atoms with Gasteiger partial charge >= 0.3 is 0 Å². The summed E-state index contributed by atoms with van der Waals surface area (Å²) in [6, 6.07) is 5.04. The molecule has 0 radical (unpaired) electrons. The quantitative estimate of drug-likeness (QED) is 0.525. The molecule has 5 heterocycles. The van der Waals surface area contributed by atoms with E-state index in [9.17, 15) is 13.2 Å². The summed E-state index contributed by atoms with van der Waals surface area (Å²) >= 11 is 0. The summed E-state index contributed by atoms with van der Waals surface area (Å²) in [5, 5.41) is 7.49. The molecule has 0 amide bonds. The van der Waals surface area contributed by atoms with Crippen LogP contribution in [0.5, 0.6) is 0 Å². The van der Waals surface area contributed by atoms with Crippen molar-refractivity contribution in [2.75, 3.05) is 25.5 Å². The molecular formula is C20H21F3N8. The highest BCUT2D eigenvalue weighted by Gasteiger charge is 2.31. The maximum Gasteiger partial charge on any atom is 0.256 e. The van der Waals surface area contributed by atoms with Gasteiger partial charge in [-0.3, -0.25) is 0 Å². The number of halogens is 3. The second-order valence-electron chi connectivity index (χ2n) is 7.83. The third-order valence-electron chi connectivity index (χ3n) is 5.54. The van der Waals surface area contributed by atoms with Crippen molar-refractivity contribution in [1.29, 1.82) is 0 Å². The Morgan fingerprint density at radius 3 is 2.77 bits per heavy atom. The van der Waals surface area contributed by atoms with E-state index in [0.29, 0.717) is 47.2 Å². The third kappa shape index (κ3) is 3.58. The highest BCUT2D eigenvalue weighted by molar-refractivity contribution is 5.82. The van der Waals surface area contributed by atoms with Crippen LogP contribution in [0.2, 0.25) is 0 Å². The van der Waals surface area contributed by atoms with Crippen LogP contribution in [0.3, 0.4) is 0 Å². The molecular weight excluding hydrogens is 409 g/mol. The first-order chi connectivity index (χ1) is 14.9. The molecule has 2 atom stereocenters. The van der Waals surface area contributed by atoms with Gasteiger partial charge < -0.3 is 14.8 Å². The minimum Gasteiger partial charge on any atom is -0.346 e. The first kappa shape index (κ1) is 19.7. The lowest BCUT2D eigenvalue weighted by Gasteiger charge is -2.14. The van der Waals surface area contributed by atoms with Gasteiger partial charge in [-0.15, -0.1) is 5.10 Å². The third-order valence-corrected chi connectivity index (χ3v) is 5.54. The van der Waals surface area contributed by atoms with Crippen LogP contribution in [-0.4, -0.2) is 72.8 Å². The lowest BCUT2D eigenvalue weighted by molar-refractivity contribution is 0.127. The van der Waals surface area contributed by atoms with Crippen molar-refractivity contribution in [3.8, 4) is 11.3 Å². The van der Waals surface area contributed by atoms with Gasteiger partial charge in [0.25, 0.3) is 6.43 Å². The molecule has 0 aromatic carbocycles. The van der Waals surface area contributed by atoms with Crippen LogP contribution in [-0.2, 0) is 6.54 Å². The van der Waals surface area contributed by atoms with Gasteiger partial charge in [-0.1, -0.05) is 0 Å². The van der Waals surface area contributed by atoms with Gasteiger partial charge in [0.2, 0.25) is 5.95 Å². The number of hydrogen-bond acceptors (Lipinski definition) is 6. The number of pyridine rings is 1. The maximum atomic E-state index is 14.1. The molecule has 4 aromatic heterocycles. The fourth-order valence-electron chi connectivity index (χ4n) is 4.06. The predicted octanol–water partition coefficient (Wildman–Crippen LogP) is 2.78. The van der Waals surface area contributed by atoms with Crippen molar-refractivity contribution in [1.82, 2.24) is 34.0 Å². The van der Waals surface area contributed by atoms with Gasteiger partial charge in [-0.2, -0.15) is 0 Å². The Morgan fingerprint density at radius 1 is 1.19 bits per heavy atom. The molecule has 0 saturated carbocycles. The van der Waals surface area contributed by atoms with Gasteiger partial charge in [-0.25, -0.2) is 32.6 Å². The van der Waals surface area contributed by atoms with Gasteiger partial charge in [0.1, 0.15) is 17.5 Å². The van der Waals surface area contributed by atoms with E-state index in [0.717, 1.165) is 5.56 Å². The molecule has 31 heavy (non-hydrogen) atoms. The largest absolute Gasteiger partial charge is 0.346 e. The first-order valence-corrected chi connectivity index (χ1v) is 9.95. The molecule has 162 valence electrons. The Hall–Kier alpha value is -3.21. The minimum absolute atomic E-state index is 0.339. The van der Waals surface area contributed by atoms with Gasteiger partial charge in [0.15, 0.2) is 5.65 Å². The lowest BCUT2D eigenvalue weighted by Crippen LogP contribution is -2.30. The van der Waals surface area contributed by atoms with E-state index in [-0.39, 0.29) is 6.04 Å². The standard InChI is InChI=1S/C20H21F3N8/c1-11-25-15-4-3-14(26-19(15)30(11)10-18(22)23)12-5-6-31-17(12)7-24-20(28-31)27-16-9-29(2)8-13(16)21/h3-7,13,16,18H,8-10H2,1-2H3,(H,27,28)/t13-,16+/m1/s1. The smallest absolute Gasteiger partial charge is 0.256 e. The van der Waals surface area contributed by atoms with Crippen LogP contribution in [0.15, 0.2) is 30.6 Å². The summed E-state index contributed by atoms with van der Waals surface area (Å²) in [5.74, 6) is 0.830. The highest BCUT2D eigenvalue weighted by Crippen LogP contribution is 2.27. The van der Waals surface area contributed by atoms with Crippen LogP contribution in [0.25, 0.3) is 27.9 Å². The fraction of sp³-hybridized carbons (Fsp3) is 0.400. The number of imidazole rings is 1. The van der Waals surface area contributed by atoms with Crippen LogP contribution in [0, 0.1) is 6.92 Å². The fourth-order valence-corrected chi connectivity index (χ4v) is 4.06. The summed E-state index contributed by atoms with van der Waals surface area (Å²) in [6.45, 7) is 2.18. The summed E-state index contributed by atoms with van der Waals surface area (Å²) in [4.78, 5) is 15.2. The average Bonchev–Trinajstić information content (AvgIpc) is 3.37. The summed E-state index contributed by atoms with van der Waals surface area (Å²) < 4.78 is 43.1. The number of aromatic nitrogens is 6. The Morgan fingerprint density at radius 2 is 2.03 bits per heavy atom. The number of alkyl halides is 3. The SMILES string of the molecule is Cc1nc2ccc(-c3ccn4nc(N[C@H]5CN(C)C[C@H]5F)ncc34)nc2n1CC(F)F. The van der Waals surface area contributed by atoms with Crippen LogP contribution >= 0.6 is 0 Å². The molecule has 1 fully saturated rings. The van der Waals surface area contributed by atoms with E-state index in [1.807, 2.05) is 18.0 Å². The number of nitrogens with zero attached hydrogens (tertiary/aromatic N) is 7. The summed E-state index contributed by atoms with van der Waals surface area (Å²) in [5.41, 5.74) is 3.05. The molecule has 0 bridgehead atoms. The lowest BCUT2D eigenvalue weighted by atomic mass is 10.2. The molecule has 1 aliphatic heterocycles. The number of rotatable bonds is 5. The Kier molecular flexibility index (Phi) is 4.77. The molecule has 5 rings (SSSR count). The zero-order valence-electron chi connectivity index (χ0n) is 17.0. The zero-order valence-corrected chi connectivity index (χ0v) is 17.0. The molecule has 1 saturated heterocycles. The molecule has 0 spiro atoms. The van der Waals surface area contributed by atoms with E-state index in [1.54, 1.807) is 36.0 Å². The van der Waals surface area contributed by atoms with Crippen molar-refractivity contribution in [3.05, 3.63) is 36.4 Å². The Bertz CT molecular complexity index is 1250.